The average molecular weight is 397 g/mol. The first-order chi connectivity index (χ1) is 13.0. The first-order valence-corrected chi connectivity index (χ1v) is 8.25. The molecule has 2 aromatic rings. The number of hydrogen-bond donors (Lipinski definition) is 1. The van der Waals surface area contributed by atoms with E-state index in [-0.39, 0.29) is 5.56 Å². The van der Waals surface area contributed by atoms with Crippen molar-refractivity contribution in [1.82, 2.24) is 15.1 Å². The predicted molar refractivity (Wildman–Crippen MR) is 91.8 cm³/mol. The SMILES string of the molecule is Cc1ccc(C2(F)C=CC=C(F)C2NC(=O)c2cn(C)nc2C(F)(F)F)cc1. The number of hydrogen-bond acceptors (Lipinski definition) is 2. The minimum absolute atomic E-state index is 0.0603. The van der Waals surface area contributed by atoms with E-state index in [9.17, 15) is 22.4 Å². The molecular weight excluding hydrogens is 381 g/mol. The summed E-state index contributed by atoms with van der Waals surface area (Å²) in [4.78, 5) is 12.5. The van der Waals surface area contributed by atoms with Crippen molar-refractivity contribution >= 4 is 5.91 Å². The number of amides is 1. The van der Waals surface area contributed by atoms with Crippen LogP contribution in [-0.2, 0) is 18.9 Å². The highest BCUT2D eigenvalue weighted by molar-refractivity contribution is 5.95. The van der Waals surface area contributed by atoms with E-state index in [0.29, 0.717) is 0 Å². The smallest absolute Gasteiger partial charge is 0.339 e. The van der Waals surface area contributed by atoms with Crippen LogP contribution in [0.3, 0.4) is 0 Å². The highest BCUT2D eigenvalue weighted by Gasteiger charge is 2.45. The summed E-state index contributed by atoms with van der Waals surface area (Å²) in [6.45, 7) is 1.78. The highest BCUT2D eigenvalue weighted by atomic mass is 19.4. The van der Waals surface area contributed by atoms with Gasteiger partial charge in [-0.15, -0.1) is 0 Å². The second-order valence-electron chi connectivity index (χ2n) is 6.51. The molecule has 1 aliphatic carbocycles. The summed E-state index contributed by atoms with van der Waals surface area (Å²) >= 11 is 0. The molecule has 1 aromatic carbocycles. The molecule has 0 spiro atoms. The Labute approximate surface area is 157 Å². The summed E-state index contributed by atoms with van der Waals surface area (Å²) in [5, 5.41) is 5.29. The molecular formula is C19H16F5N3O. The van der Waals surface area contributed by atoms with Crippen molar-refractivity contribution < 1.29 is 26.7 Å². The normalized spacial score (nSPS) is 22.1. The van der Waals surface area contributed by atoms with Crippen LogP contribution in [-0.4, -0.2) is 21.7 Å². The number of benzene rings is 1. The van der Waals surface area contributed by atoms with Crippen LogP contribution in [0.4, 0.5) is 22.0 Å². The third-order valence-corrected chi connectivity index (χ3v) is 4.40. The van der Waals surface area contributed by atoms with Crippen LogP contribution < -0.4 is 5.32 Å². The third-order valence-electron chi connectivity index (χ3n) is 4.40. The number of allylic oxidation sites excluding steroid dienone is 2. The van der Waals surface area contributed by atoms with E-state index < -0.39 is 40.9 Å². The van der Waals surface area contributed by atoms with Crippen molar-refractivity contribution in [3.8, 4) is 0 Å². The van der Waals surface area contributed by atoms with Gasteiger partial charge < -0.3 is 5.32 Å². The second-order valence-corrected chi connectivity index (χ2v) is 6.51. The van der Waals surface area contributed by atoms with Crippen LogP contribution in [0.5, 0.6) is 0 Å². The van der Waals surface area contributed by atoms with Crippen molar-refractivity contribution in [2.75, 3.05) is 0 Å². The maximum Gasteiger partial charge on any atom is 0.435 e. The number of rotatable bonds is 3. The van der Waals surface area contributed by atoms with Gasteiger partial charge in [0.1, 0.15) is 11.9 Å². The Morgan fingerprint density at radius 1 is 1.25 bits per heavy atom. The molecule has 0 bridgehead atoms. The Bertz CT molecular complexity index is 959. The van der Waals surface area contributed by atoms with Crippen molar-refractivity contribution in [3.63, 3.8) is 0 Å². The van der Waals surface area contributed by atoms with Crippen molar-refractivity contribution in [2.24, 2.45) is 7.05 Å². The lowest BCUT2D eigenvalue weighted by Crippen LogP contribution is -2.49. The molecule has 2 atom stereocenters. The van der Waals surface area contributed by atoms with Gasteiger partial charge in [0.15, 0.2) is 11.4 Å². The van der Waals surface area contributed by atoms with Gasteiger partial charge in [0.2, 0.25) is 0 Å². The number of carbonyl (C=O) groups excluding carboxylic acids is 1. The molecule has 0 radical (unpaired) electrons. The molecule has 0 aliphatic heterocycles. The summed E-state index contributed by atoms with van der Waals surface area (Å²) in [6.07, 6.45) is -0.879. The summed E-state index contributed by atoms with van der Waals surface area (Å²) in [5.41, 5.74) is -3.81. The minimum atomic E-state index is -4.89. The van der Waals surface area contributed by atoms with Crippen LogP contribution in [0.15, 0.2) is 54.5 Å². The van der Waals surface area contributed by atoms with Crippen molar-refractivity contribution in [3.05, 3.63) is 76.9 Å². The fraction of sp³-hybridized carbons (Fsp3) is 0.263. The molecule has 1 aromatic heterocycles. The molecule has 1 N–H and O–H groups in total. The van der Waals surface area contributed by atoms with E-state index in [1.54, 1.807) is 19.1 Å². The Morgan fingerprint density at radius 3 is 2.50 bits per heavy atom. The monoisotopic (exact) mass is 397 g/mol. The fourth-order valence-corrected chi connectivity index (χ4v) is 2.99. The molecule has 3 rings (SSSR count). The molecule has 1 amide bonds. The lowest BCUT2D eigenvalue weighted by atomic mass is 9.83. The molecule has 0 saturated carbocycles. The molecule has 28 heavy (non-hydrogen) atoms. The van der Waals surface area contributed by atoms with Gasteiger partial charge in [0.25, 0.3) is 5.91 Å². The average Bonchev–Trinajstić information content (AvgIpc) is 3.01. The van der Waals surface area contributed by atoms with Gasteiger partial charge in [-0.05, 0) is 24.6 Å². The van der Waals surface area contributed by atoms with Crippen LogP contribution in [0.1, 0.15) is 27.2 Å². The molecule has 9 heteroatoms. The molecule has 148 valence electrons. The van der Waals surface area contributed by atoms with Gasteiger partial charge in [-0.3, -0.25) is 9.48 Å². The molecule has 1 aliphatic rings. The zero-order valence-electron chi connectivity index (χ0n) is 14.9. The predicted octanol–water partition coefficient (Wildman–Crippen LogP) is 4.13. The summed E-state index contributed by atoms with van der Waals surface area (Å²) in [5.74, 6) is -2.30. The third kappa shape index (κ3) is 3.56. The Kier molecular flexibility index (Phi) is 4.86. The van der Waals surface area contributed by atoms with E-state index in [1.165, 1.54) is 19.2 Å². The minimum Gasteiger partial charge on any atom is -0.339 e. The Hall–Kier alpha value is -2.97. The van der Waals surface area contributed by atoms with E-state index in [4.69, 9.17) is 0 Å². The number of aryl methyl sites for hydroxylation is 2. The van der Waals surface area contributed by atoms with Crippen LogP contribution >= 0.6 is 0 Å². The number of aromatic nitrogens is 2. The second kappa shape index (κ2) is 6.88. The van der Waals surface area contributed by atoms with Gasteiger partial charge in [0, 0.05) is 13.2 Å². The van der Waals surface area contributed by atoms with Gasteiger partial charge >= 0.3 is 6.18 Å². The van der Waals surface area contributed by atoms with Crippen molar-refractivity contribution in [1.29, 1.82) is 0 Å². The first-order valence-electron chi connectivity index (χ1n) is 8.25. The highest BCUT2D eigenvalue weighted by Crippen LogP contribution is 2.38. The lowest BCUT2D eigenvalue weighted by Gasteiger charge is -2.33. The molecule has 4 nitrogen and oxygen atoms in total. The topological polar surface area (TPSA) is 46.9 Å². The Morgan fingerprint density at radius 2 is 1.89 bits per heavy atom. The molecule has 0 fully saturated rings. The maximum absolute atomic E-state index is 15.7. The Balaban J connectivity index is 1.97. The fourth-order valence-electron chi connectivity index (χ4n) is 2.99. The largest absolute Gasteiger partial charge is 0.435 e. The van der Waals surface area contributed by atoms with Crippen LogP contribution in [0, 0.1) is 6.92 Å². The number of carbonyl (C=O) groups is 1. The first kappa shape index (κ1) is 19.8. The van der Waals surface area contributed by atoms with Gasteiger partial charge in [0.05, 0.1) is 5.56 Å². The summed E-state index contributed by atoms with van der Waals surface area (Å²) in [7, 11) is 1.21. The van der Waals surface area contributed by atoms with E-state index in [2.05, 4.69) is 10.4 Å². The van der Waals surface area contributed by atoms with E-state index in [0.717, 1.165) is 34.7 Å². The van der Waals surface area contributed by atoms with E-state index >= 15 is 4.39 Å². The number of alkyl halides is 4. The van der Waals surface area contributed by atoms with Crippen LogP contribution in [0.25, 0.3) is 0 Å². The maximum atomic E-state index is 15.7. The molecule has 0 saturated heterocycles. The number of nitrogens with one attached hydrogen (secondary N) is 1. The van der Waals surface area contributed by atoms with Crippen LogP contribution in [0.2, 0.25) is 0 Å². The van der Waals surface area contributed by atoms with Gasteiger partial charge in [-0.2, -0.15) is 18.3 Å². The number of halogens is 5. The molecule has 2 unspecified atom stereocenters. The van der Waals surface area contributed by atoms with Gasteiger partial charge in [-0.25, -0.2) is 8.78 Å². The number of nitrogens with zero attached hydrogens (tertiary/aromatic N) is 2. The standard InChI is InChI=1S/C19H16F5N3O/c1-11-5-7-12(8-6-11)18(21)9-3-4-14(20)16(18)25-17(28)13-10-27(2)26-15(13)19(22,23)24/h3-10,16H,1-2H3,(H,25,28). The zero-order chi connectivity index (χ0) is 20.7. The summed E-state index contributed by atoms with van der Waals surface area (Å²) < 4.78 is 70.3. The quantitative estimate of drug-likeness (QED) is 0.792. The van der Waals surface area contributed by atoms with E-state index in [1.807, 2.05) is 0 Å². The zero-order valence-corrected chi connectivity index (χ0v) is 14.9. The van der Waals surface area contributed by atoms with Gasteiger partial charge in [-0.1, -0.05) is 35.9 Å². The van der Waals surface area contributed by atoms with Crippen molar-refractivity contribution in [2.45, 2.75) is 24.8 Å². The lowest BCUT2D eigenvalue weighted by molar-refractivity contribution is -0.141. The molecule has 1 heterocycles. The summed E-state index contributed by atoms with van der Waals surface area (Å²) in [6, 6.07) is 4.27.